The predicted molar refractivity (Wildman–Crippen MR) is 84.8 cm³/mol. The van der Waals surface area contributed by atoms with Gasteiger partial charge < -0.3 is 10.2 Å². The highest BCUT2D eigenvalue weighted by atomic mass is 16.4. The highest BCUT2D eigenvalue weighted by Crippen LogP contribution is 2.24. The fraction of sp³-hybridized carbons (Fsp3) is 0.824. The maximum absolute atomic E-state index is 12.4. The lowest BCUT2D eigenvalue weighted by Crippen LogP contribution is -2.20. The summed E-state index contributed by atoms with van der Waals surface area (Å²) < 4.78 is 0. The van der Waals surface area contributed by atoms with Gasteiger partial charge in [0.15, 0.2) is 0 Å². The number of carboxylic acids is 2. The first-order valence-corrected chi connectivity index (χ1v) is 8.36. The van der Waals surface area contributed by atoms with E-state index < -0.39 is 17.9 Å². The van der Waals surface area contributed by atoms with Gasteiger partial charge in [-0.15, -0.1) is 0 Å². The van der Waals surface area contributed by atoms with Crippen molar-refractivity contribution in [1.82, 2.24) is 0 Å². The van der Waals surface area contributed by atoms with Crippen LogP contribution in [0.25, 0.3) is 0 Å². The van der Waals surface area contributed by atoms with Crippen LogP contribution in [0.4, 0.5) is 0 Å². The highest BCUT2D eigenvalue weighted by Gasteiger charge is 2.23. The molecule has 0 aliphatic heterocycles. The molecule has 0 fully saturated rings. The van der Waals surface area contributed by atoms with Crippen LogP contribution in [0.3, 0.4) is 0 Å². The Morgan fingerprint density at radius 3 is 1.77 bits per heavy atom. The van der Waals surface area contributed by atoms with E-state index >= 15 is 0 Å². The lowest BCUT2D eigenvalue weighted by Gasteiger charge is -2.19. The average Bonchev–Trinajstić information content (AvgIpc) is 2.44. The standard InChI is InChI=1S/C17H30O5/c1-3-5-7-13(6-4-2)12-15(18)14(8-10-16(19)20)9-11-17(21)22/h13-14H,3-12H2,1-2H3,(H,19,20)(H,21,22). The van der Waals surface area contributed by atoms with E-state index in [9.17, 15) is 14.4 Å². The number of aliphatic carboxylic acids is 2. The molecule has 0 aliphatic rings. The number of hydrogen-bond acceptors (Lipinski definition) is 3. The molecule has 0 aromatic heterocycles. The first-order valence-electron chi connectivity index (χ1n) is 8.36. The Labute approximate surface area is 133 Å². The fourth-order valence-corrected chi connectivity index (χ4v) is 2.76. The number of ketones is 1. The van der Waals surface area contributed by atoms with Crippen LogP contribution in [0.5, 0.6) is 0 Å². The summed E-state index contributed by atoms with van der Waals surface area (Å²) in [6.45, 7) is 4.21. The first-order chi connectivity index (χ1) is 10.4. The minimum absolute atomic E-state index is 0.0389. The van der Waals surface area contributed by atoms with Gasteiger partial charge in [-0.1, -0.05) is 46.0 Å². The van der Waals surface area contributed by atoms with Crippen molar-refractivity contribution in [2.45, 2.75) is 78.1 Å². The second-order valence-electron chi connectivity index (χ2n) is 6.03. The molecular weight excluding hydrogens is 284 g/mol. The summed E-state index contributed by atoms with van der Waals surface area (Å²) in [7, 11) is 0. The van der Waals surface area contributed by atoms with Crippen LogP contribution >= 0.6 is 0 Å². The van der Waals surface area contributed by atoms with Crippen molar-refractivity contribution in [3.63, 3.8) is 0 Å². The molecule has 1 unspecified atom stereocenters. The Kier molecular flexibility index (Phi) is 11.4. The quantitative estimate of drug-likeness (QED) is 0.507. The van der Waals surface area contributed by atoms with Gasteiger partial charge in [0.05, 0.1) is 0 Å². The molecule has 0 saturated carbocycles. The summed E-state index contributed by atoms with van der Waals surface area (Å²) in [6, 6.07) is 0. The maximum Gasteiger partial charge on any atom is 0.303 e. The van der Waals surface area contributed by atoms with Crippen molar-refractivity contribution in [1.29, 1.82) is 0 Å². The van der Waals surface area contributed by atoms with E-state index in [1.165, 1.54) is 0 Å². The Morgan fingerprint density at radius 2 is 1.36 bits per heavy atom. The van der Waals surface area contributed by atoms with E-state index in [0.29, 0.717) is 12.3 Å². The molecule has 0 radical (unpaired) electrons. The molecule has 0 heterocycles. The summed E-state index contributed by atoms with van der Waals surface area (Å²) in [5, 5.41) is 17.6. The van der Waals surface area contributed by atoms with Gasteiger partial charge in [-0.05, 0) is 18.8 Å². The van der Waals surface area contributed by atoms with Gasteiger partial charge in [0.25, 0.3) is 0 Å². The smallest absolute Gasteiger partial charge is 0.303 e. The lowest BCUT2D eigenvalue weighted by molar-refractivity contribution is -0.137. The van der Waals surface area contributed by atoms with Crippen LogP contribution in [0.15, 0.2) is 0 Å². The molecule has 0 bridgehead atoms. The third kappa shape index (κ3) is 10.4. The first kappa shape index (κ1) is 20.6. The zero-order valence-corrected chi connectivity index (χ0v) is 13.8. The Hall–Kier alpha value is -1.39. The lowest BCUT2D eigenvalue weighted by atomic mass is 9.84. The Balaban J connectivity index is 4.60. The normalized spacial score (nSPS) is 12.3. The molecule has 0 rings (SSSR count). The third-order valence-corrected chi connectivity index (χ3v) is 4.02. The zero-order valence-electron chi connectivity index (χ0n) is 13.8. The van der Waals surface area contributed by atoms with Gasteiger partial charge in [0, 0.05) is 25.2 Å². The number of carbonyl (C=O) groups excluding carboxylic acids is 1. The van der Waals surface area contributed by atoms with E-state index in [2.05, 4.69) is 13.8 Å². The fourth-order valence-electron chi connectivity index (χ4n) is 2.76. The van der Waals surface area contributed by atoms with E-state index in [0.717, 1.165) is 32.1 Å². The average molecular weight is 314 g/mol. The largest absolute Gasteiger partial charge is 0.481 e. The van der Waals surface area contributed by atoms with Crippen molar-refractivity contribution >= 4 is 17.7 Å². The molecule has 0 saturated heterocycles. The summed E-state index contributed by atoms with van der Waals surface area (Å²) in [5.41, 5.74) is 0. The van der Waals surface area contributed by atoms with Crippen molar-refractivity contribution < 1.29 is 24.6 Å². The number of carbonyl (C=O) groups is 3. The molecule has 0 spiro atoms. The van der Waals surface area contributed by atoms with Crippen LogP contribution < -0.4 is 0 Å². The maximum atomic E-state index is 12.4. The topological polar surface area (TPSA) is 91.7 Å². The SMILES string of the molecule is CCCCC(CCC)CC(=O)C(CCC(=O)O)CCC(=O)O. The van der Waals surface area contributed by atoms with E-state index in [1.54, 1.807) is 0 Å². The van der Waals surface area contributed by atoms with Crippen LogP contribution in [-0.4, -0.2) is 27.9 Å². The predicted octanol–water partition coefficient (Wildman–Crippen LogP) is 3.90. The van der Waals surface area contributed by atoms with Crippen LogP contribution in [0.2, 0.25) is 0 Å². The van der Waals surface area contributed by atoms with E-state index in [1.807, 2.05) is 0 Å². The van der Waals surface area contributed by atoms with E-state index in [4.69, 9.17) is 10.2 Å². The third-order valence-electron chi connectivity index (χ3n) is 4.02. The Bertz CT molecular complexity index is 333. The van der Waals surface area contributed by atoms with Gasteiger partial charge in [-0.25, -0.2) is 0 Å². The van der Waals surface area contributed by atoms with Crippen molar-refractivity contribution in [2.75, 3.05) is 0 Å². The molecule has 22 heavy (non-hydrogen) atoms. The number of carboxylic acid groups (broad SMARTS) is 2. The zero-order chi connectivity index (χ0) is 17.0. The van der Waals surface area contributed by atoms with Gasteiger partial charge in [0.2, 0.25) is 0 Å². The van der Waals surface area contributed by atoms with Crippen LogP contribution in [0, 0.1) is 11.8 Å². The minimum Gasteiger partial charge on any atom is -0.481 e. The molecule has 0 aliphatic carbocycles. The van der Waals surface area contributed by atoms with E-state index in [-0.39, 0.29) is 31.5 Å². The second-order valence-corrected chi connectivity index (χ2v) is 6.03. The molecule has 0 aromatic carbocycles. The molecule has 0 aromatic rings. The molecule has 5 nitrogen and oxygen atoms in total. The van der Waals surface area contributed by atoms with Crippen LogP contribution in [0.1, 0.15) is 78.1 Å². The number of hydrogen-bond donors (Lipinski definition) is 2. The summed E-state index contributed by atoms with van der Waals surface area (Å²) in [6.07, 6.45) is 6.00. The molecule has 2 N–H and O–H groups in total. The Morgan fingerprint density at radius 1 is 0.818 bits per heavy atom. The second kappa shape index (κ2) is 12.2. The molecule has 5 heteroatoms. The number of rotatable bonds is 14. The number of unbranched alkanes of at least 4 members (excludes halogenated alkanes) is 1. The van der Waals surface area contributed by atoms with Crippen molar-refractivity contribution in [3.8, 4) is 0 Å². The summed E-state index contributed by atoms with van der Waals surface area (Å²) in [5.74, 6) is -1.94. The molecular formula is C17H30O5. The monoisotopic (exact) mass is 314 g/mol. The van der Waals surface area contributed by atoms with Gasteiger partial charge in [0.1, 0.15) is 5.78 Å². The van der Waals surface area contributed by atoms with Gasteiger partial charge >= 0.3 is 11.9 Å². The molecule has 1 atom stereocenters. The van der Waals surface area contributed by atoms with Gasteiger partial charge in [-0.2, -0.15) is 0 Å². The molecule has 128 valence electrons. The van der Waals surface area contributed by atoms with Crippen molar-refractivity contribution in [3.05, 3.63) is 0 Å². The summed E-state index contributed by atoms with van der Waals surface area (Å²) in [4.78, 5) is 33.8. The van der Waals surface area contributed by atoms with Gasteiger partial charge in [-0.3, -0.25) is 14.4 Å². The molecule has 0 amide bonds. The number of Topliss-reactive ketones (excluding diaryl/α,β-unsaturated/α-hetero) is 1. The highest BCUT2D eigenvalue weighted by molar-refractivity contribution is 5.82. The van der Waals surface area contributed by atoms with Crippen molar-refractivity contribution in [2.24, 2.45) is 11.8 Å². The minimum atomic E-state index is -0.941. The van der Waals surface area contributed by atoms with Crippen LogP contribution in [-0.2, 0) is 14.4 Å². The summed E-state index contributed by atoms with van der Waals surface area (Å²) >= 11 is 0.